The minimum absolute atomic E-state index is 0.0816. The topological polar surface area (TPSA) is 88.2 Å². The second kappa shape index (κ2) is 6.55. The summed E-state index contributed by atoms with van der Waals surface area (Å²) in [5.74, 6) is 5.73. The number of pyridine rings is 1. The molecule has 0 aliphatic rings. The fourth-order valence-corrected chi connectivity index (χ4v) is 1.67. The highest BCUT2D eigenvalue weighted by atomic mass is 16.3. The Bertz CT molecular complexity index is 730. The van der Waals surface area contributed by atoms with Crippen molar-refractivity contribution in [2.75, 3.05) is 11.9 Å². The number of aromatic hydroxyl groups is 1. The first kappa shape index (κ1) is 14.6. The van der Waals surface area contributed by atoms with Gasteiger partial charge in [0.15, 0.2) is 0 Å². The van der Waals surface area contributed by atoms with Crippen LogP contribution in [-0.4, -0.2) is 22.5 Å². The van der Waals surface area contributed by atoms with Gasteiger partial charge in [-0.2, -0.15) is 0 Å². The summed E-state index contributed by atoms with van der Waals surface area (Å²) in [5.41, 5.74) is 7.11. The number of phenols is 1. The molecule has 1 amide bonds. The van der Waals surface area contributed by atoms with E-state index in [0.29, 0.717) is 16.9 Å². The van der Waals surface area contributed by atoms with Crippen LogP contribution in [0.15, 0.2) is 36.5 Å². The fraction of sp³-hybridized carbons (Fsp3) is 0.125. The van der Waals surface area contributed by atoms with E-state index < -0.39 is 0 Å². The van der Waals surface area contributed by atoms with Crippen molar-refractivity contribution in [2.24, 2.45) is 5.73 Å². The van der Waals surface area contributed by atoms with Crippen molar-refractivity contribution >= 4 is 11.7 Å². The minimum atomic E-state index is -0.346. The second-order valence-electron chi connectivity index (χ2n) is 4.39. The van der Waals surface area contributed by atoms with Crippen LogP contribution in [0.3, 0.4) is 0 Å². The Morgan fingerprint density at radius 1 is 1.38 bits per heavy atom. The van der Waals surface area contributed by atoms with Crippen LogP contribution >= 0.6 is 0 Å². The van der Waals surface area contributed by atoms with Crippen molar-refractivity contribution in [1.82, 2.24) is 4.98 Å². The molecule has 5 nitrogen and oxygen atoms in total. The number of nitrogens with zero attached hydrogens (tertiary/aromatic N) is 1. The maximum absolute atomic E-state index is 12.1. The summed E-state index contributed by atoms with van der Waals surface area (Å²) < 4.78 is 0. The van der Waals surface area contributed by atoms with E-state index in [4.69, 9.17) is 5.73 Å². The molecule has 0 saturated heterocycles. The summed E-state index contributed by atoms with van der Waals surface area (Å²) in [6, 6.07) is 8.14. The number of carbonyl (C=O) groups is 1. The molecule has 2 aromatic rings. The van der Waals surface area contributed by atoms with Crippen LogP contribution in [0.2, 0.25) is 0 Å². The highest BCUT2D eigenvalue weighted by Crippen LogP contribution is 2.18. The maximum Gasteiger partial charge on any atom is 0.256 e. The van der Waals surface area contributed by atoms with E-state index in [2.05, 4.69) is 22.1 Å². The van der Waals surface area contributed by atoms with Crippen molar-refractivity contribution in [3.05, 3.63) is 53.2 Å². The summed E-state index contributed by atoms with van der Waals surface area (Å²) in [6.45, 7) is 2.03. The quantitative estimate of drug-likeness (QED) is 0.730. The third kappa shape index (κ3) is 3.81. The fourth-order valence-electron chi connectivity index (χ4n) is 1.67. The number of aryl methyl sites for hydroxylation is 1. The maximum atomic E-state index is 12.1. The molecular weight excluding hydrogens is 266 g/mol. The number of phenolic OH excluding ortho intramolecular Hbond substituents is 1. The van der Waals surface area contributed by atoms with Crippen molar-refractivity contribution in [3.63, 3.8) is 0 Å². The molecule has 0 unspecified atom stereocenters. The number of aromatic nitrogens is 1. The molecule has 0 fully saturated rings. The lowest BCUT2D eigenvalue weighted by molar-refractivity contribution is 0.102. The van der Waals surface area contributed by atoms with E-state index in [-0.39, 0.29) is 18.2 Å². The van der Waals surface area contributed by atoms with Gasteiger partial charge in [0.25, 0.3) is 5.91 Å². The number of nitrogens with one attached hydrogen (secondary N) is 1. The van der Waals surface area contributed by atoms with E-state index >= 15 is 0 Å². The number of benzene rings is 1. The van der Waals surface area contributed by atoms with Gasteiger partial charge in [0.05, 0.1) is 6.54 Å². The van der Waals surface area contributed by atoms with Crippen molar-refractivity contribution in [3.8, 4) is 17.6 Å². The summed E-state index contributed by atoms with van der Waals surface area (Å²) in [7, 11) is 0. The number of amides is 1. The monoisotopic (exact) mass is 281 g/mol. The number of carbonyl (C=O) groups excluding carboxylic acids is 1. The summed E-state index contributed by atoms with van der Waals surface area (Å²) in [6.07, 6.45) is 1.56. The Hall–Kier alpha value is -2.84. The largest absolute Gasteiger partial charge is 0.508 e. The van der Waals surface area contributed by atoms with Crippen molar-refractivity contribution < 1.29 is 9.90 Å². The van der Waals surface area contributed by atoms with Crippen LogP contribution in [0.5, 0.6) is 5.75 Å². The zero-order chi connectivity index (χ0) is 15.2. The van der Waals surface area contributed by atoms with Crippen LogP contribution in [0, 0.1) is 18.8 Å². The number of nitrogens with two attached hydrogens (primary N) is 1. The zero-order valence-corrected chi connectivity index (χ0v) is 11.6. The SMILES string of the molecule is Cc1ccc(C(=O)Nc2cc(C#CCN)ccn2)cc1O. The zero-order valence-electron chi connectivity index (χ0n) is 11.6. The van der Waals surface area contributed by atoms with Crippen LogP contribution in [0.1, 0.15) is 21.5 Å². The minimum Gasteiger partial charge on any atom is -0.508 e. The van der Waals surface area contributed by atoms with Gasteiger partial charge < -0.3 is 16.2 Å². The third-order valence-electron chi connectivity index (χ3n) is 2.81. The highest BCUT2D eigenvalue weighted by Gasteiger charge is 2.08. The summed E-state index contributed by atoms with van der Waals surface area (Å²) in [4.78, 5) is 16.1. The molecule has 0 radical (unpaired) electrons. The molecule has 1 aromatic heterocycles. The van der Waals surface area contributed by atoms with Gasteiger partial charge >= 0.3 is 0 Å². The van der Waals surface area contributed by atoms with Gasteiger partial charge in [-0.1, -0.05) is 17.9 Å². The summed E-state index contributed by atoms with van der Waals surface area (Å²) >= 11 is 0. The summed E-state index contributed by atoms with van der Waals surface area (Å²) in [5, 5.41) is 12.3. The van der Waals surface area contributed by atoms with E-state index in [9.17, 15) is 9.90 Å². The van der Waals surface area contributed by atoms with Crippen LogP contribution in [0.25, 0.3) is 0 Å². The lowest BCUT2D eigenvalue weighted by Gasteiger charge is -2.06. The van der Waals surface area contributed by atoms with Crippen LogP contribution < -0.4 is 11.1 Å². The molecule has 4 N–H and O–H groups in total. The molecular formula is C16H15N3O2. The molecule has 106 valence electrons. The molecule has 2 rings (SSSR count). The first-order valence-electron chi connectivity index (χ1n) is 6.36. The lowest BCUT2D eigenvalue weighted by Crippen LogP contribution is -2.13. The molecule has 0 spiro atoms. The van der Waals surface area contributed by atoms with Gasteiger partial charge in [-0.15, -0.1) is 0 Å². The Labute approximate surface area is 122 Å². The Kier molecular flexibility index (Phi) is 4.54. The van der Waals surface area contributed by atoms with Gasteiger partial charge in [-0.3, -0.25) is 4.79 Å². The first-order chi connectivity index (χ1) is 10.1. The average molecular weight is 281 g/mol. The van der Waals surface area contributed by atoms with E-state index in [0.717, 1.165) is 5.56 Å². The van der Waals surface area contributed by atoms with Gasteiger partial charge in [-0.05, 0) is 36.8 Å². The predicted molar refractivity (Wildman–Crippen MR) is 81.0 cm³/mol. The molecule has 0 bridgehead atoms. The molecule has 1 aromatic carbocycles. The lowest BCUT2D eigenvalue weighted by atomic mass is 10.1. The van der Waals surface area contributed by atoms with Crippen LogP contribution in [-0.2, 0) is 0 Å². The molecule has 0 aliphatic heterocycles. The van der Waals surface area contributed by atoms with E-state index in [1.807, 2.05) is 0 Å². The Balaban J connectivity index is 2.17. The smallest absolute Gasteiger partial charge is 0.256 e. The highest BCUT2D eigenvalue weighted by molar-refractivity contribution is 6.04. The van der Waals surface area contributed by atoms with E-state index in [1.165, 1.54) is 6.07 Å². The number of rotatable bonds is 2. The van der Waals surface area contributed by atoms with Crippen molar-refractivity contribution in [2.45, 2.75) is 6.92 Å². The Morgan fingerprint density at radius 3 is 2.90 bits per heavy atom. The Morgan fingerprint density at radius 2 is 2.19 bits per heavy atom. The van der Waals surface area contributed by atoms with Crippen molar-refractivity contribution in [1.29, 1.82) is 0 Å². The van der Waals surface area contributed by atoms with Gasteiger partial charge in [0, 0.05) is 17.3 Å². The number of hydrogen-bond donors (Lipinski definition) is 3. The second-order valence-corrected chi connectivity index (χ2v) is 4.39. The predicted octanol–water partition coefficient (Wildman–Crippen LogP) is 1.66. The molecule has 0 atom stereocenters. The number of anilines is 1. The van der Waals surface area contributed by atoms with E-state index in [1.54, 1.807) is 37.4 Å². The normalized spacial score (nSPS) is 9.62. The molecule has 21 heavy (non-hydrogen) atoms. The van der Waals surface area contributed by atoms with Gasteiger partial charge in [0.1, 0.15) is 11.6 Å². The van der Waals surface area contributed by atoms with Crippen LogP contribution in [0.4, 0.5) is 5.82 Å². The first-order valence-corrected chi connectivity index (χ1v) is 6.36. The number of hydrogen-bond acceptors (Lipinski definition) is 4. The molecule has 5 heteroatoms. The molecule has 0 saturated carbocycles. The van der Waals surface area contributed by atoms with Gasteiger partial charge in [-0.25, -0.2) is 4.98 Å². The standard InChI is InChI=1S/C16H15N3O2/c1-11-4-5-13(10-14(11)20)16(21)19-15-9-12(3-2-7-17)6-8-18-15/h4-6,8-10,20H,7,17H2,1H3,(H,18,19,21). The average Bonchev–Trinajstić information content (AvgIpc) is 2.48. The third-order valence-corrected chi connectivity index (χ3v) is 2.81. The molecule has 1 heterocycles. The molecule has 0 aliphatic carbocycles. The van der Waals surface area contributed by atoms with Gasteiger partial charge in [0.2, 0.25) is 0 Å².